The highest BCUT2D eigenvalue weighted by atomic mass is 16.5. The van der Waals surface area contributed by atoms with E-state index >= 15 is 0 Å². The van der Waals surface area contributed by atoms with Gasteiger partial charge in [0.05, 0.1) is 19.3 Å². The van der Waals surface area contributed by atoms with Gasteiger partial charge in [-0.15, -0.1) is 0 Å². The van der Waals surface area contributed by atoms with E-state index in [1.165, 1.54) is 13.4 Å². The number of ether oxygens (including phenoxy) is 3. The Balaban J connectivity index is 2.61. The van der Waals surface area contributed by atoms with Crippen LogP contribution in [0.5, 0.6) is 11.6 Å². The Morgan fingerprint density at radius 3 is 2.59 bits per heavy atom. The van der Waals surface area contributed by atoms with Crippen LogP contribution in [0.25, 0.3) is 0 Å². The molecule has 6 heteroatoms. The van der Waals surface area contributed by atoms with Crippen molar-refractivity contribution in [2.45, 2.75) is 25.9 Å². The van der Waals surface area contributed by atoms with Gasteiger partial charge in [0.1, 0.15) is 6.33 Å². The van der Waals surface area contributed by atoms with Crippen LogP contribution in [0.4, 0.5) is 5.82 Å². The third kappa shape index (κ3) is 3.74. The fourth-order valence-corrected chi connectivity index (χ4v) is 1.16. The third-order valence-corrected chi connectivity index (χ3v) is 2.50. The van der Waals surface area contributed by atoms with E-state index in [9.17, 15) is 0 Å². The molecule has 2 N–H and O–H groups in total. The predicted octanol–water partition coefficient (Wildman–Crippen LogP) is 1.26. The van der Waals surface area contributed by atoms with E-state index in [1.54, 1.807) is 7.11 Å². The topological polar surface area (TPSA) is 79.5 Å². The van der Waals surface area contributed by atoms with Gasteiger partial charge in [-0.2, -0.15) is 4.98 Å². The van der Waals surface area contributed by atoms with Crippen LogP contribution < -0.4 is 15.2 Å². The second kappa shape index (κ2) is 5.67. The minimum Gasteiger partial charge on any atom is -0.489 e. The first kappa shape index (κ1) is 13.5. The number of nitrogen functional groups attached to an aromatic ring is 1. The lowest BCUT2D eigenvalue weighted by Gasteiger charge is -2.22. The van der Waals surface area contributed by atoms with E-state index in [2.05, 4.69) is 9.97 Å². The van der Waals surface area contributed by atoms with Crippen molar-refractivity contribution in [1.82, 2.24) is 9.97 Å². The quantitative estimate of drug-likeness (QED) is 0.807. The molecular formula is C11H19N3O3. The molecule has 17 heavy (non-hydrogen) atoms. The van der Waals surface area contributed by atoms with Crippen molar-refractivity contribution in [3.63, 3.8) is 0 Å². The molecule has 0 fully saturated rings. The summed E-state index contributed by atoms with van der Waals surface area (Å²) in [6.45, 7) is 4.44. The fraction of sp³-hybridized carbons (Fsp3) is 0.636. The summed E-state index contributed by atoms with van der Waals surface area (Å²) in [4.78, 5) is 7.80. The number of aromatic nitrogens is 2. The van der Waals surface area contributed by atoms with E-state index < -0.39 is 0 Å². The average molecular weight is 241 g/mol. The van der Waals surface area contributed by atoms with Crippen molar-refractivity contribution in [2.75, 3.05) is 26.6 Å². The summed E-state index contributed by atoms with van der Waals surface area (Å²) in [6.07, 6.45) is 2.07. The zero-order valence-electron chi connectivity index (χ0n) is 10.7. The Morgan fingerprint density at radius 2 is 2.00 bits per heavy atom. The molecule has 0 saturated heterocycles. The van der Waals surface area contributed by atoms with Crippen LogP contribution in [0.15, 0.2) is 6.33 Å². The Morgan fingerprint density at radius 1 is 1.29 bits per heavy atom. The van der Waals surface area contributed by atoms with Gasteiger partial charge in [-0.25, -0.2) is 4.98 Å². The molecule has 0 aliphatic heterocycles. The van der Waals surface area contributed by atoms with Crippen LogP contribution in [-0.4, -0.2) is 36.4 Å². The molecule has 0 aliphatic rings. The number of nitrogens with zero attached hydrogens (tertiary/aromatic N) is 2. The summed E-state index contributed by atoms with van der Waals surface area (Å²) in [5.41, 5.74) is 5.40. The molecule has 0 unspecified atom stereocenters. The molecule has 0 aromatic carbocycles. The third-order valence-electron chi connectivity index (χ3n) is 2.50. The van der Waals surface area contributed by atoms with Crippen LogP contribution >= 0.6 is 0 Å². The first-order valence-corrected chi connectivity index (χ1v) is 5.32. The van der Waals surface area contributed by atoms with Gasteiger partial charge in [-0.3, -0.25) is 0 Å². The normalized spacial score (nSPS) is 11.3. The molecule has 0 saturated carbocycles. The number of anilines is 1. The second-order valence-corrected chi connectivity index (χ2v) is 4.16. The molecule has 1 aromatic rings. The van der Waals surface area contributed by atoms with E-state index in [1.807, 2.05) is 13.8 Å². The number of hydrogen-bond acceptors (Lipinski definition) is 6. The number of rotatable bonds is 6. The fourth-order valence-electron chi connectivity index (χ4n) is 1.16. The zero-order chi connectivity index (χ0) is 12.9. The molecule has 0 radical (unpaired) electrons. The van der Waals surface area contributed by atoms with Gasteiger partial charge in [-0.1, -0.05) is 0 Å². The van der Waals surface area contributed by atoms with E-state index in [-0.39, 0.29) is 11.4 Å². The minimum atomic E-state index is -0.230. The lowest BCUT2D eigenvalue weighted by Crippen LogP contribution is -2.25. The van der Waals surface area contributed by atoms with Crippen molar-refractivity contribution < 1.29 is 14.2 Å². The Hall–Kier alpha value is -1.56. The van der Waals surface area contributed by atoms with Gasteiger partial charge in [0.2, 0.25) is 5.75 Å². The zero-order valence-corrected chi connectivity index (χ0v) is 10.7. The van der Waals surface area contributed by atoms with Crippen LogP contribution in [0.3, 0.4) is 0 Å². The van der Waals surface area contributed by atoms with Gasteiger partial charge in [0.25, 0.3) is 5.88 Å². The molecule has 1 aromatic heterocycles. The van der Waals surface area contributed by atoms with Crippen molar-refractivity contribution in [2.24, 2.45) is 0 Å². The molecule has 0 spiro atoms. The van der Waals surface area contributed by atoms with Crippen molar-refractivity contribution >= 4 is 5.82 Å². The first-order valence-electron chi connectivity index (χ1n) is 5.32. The monoisotopic (exact) mass is 241 g/mol. The number of nitrogens with two attached hydrogens (primary N) is 1. The second-order valence-electron chi connectivity index (χ2n) is 4.16. The molecule has 1 rings (SSSR count). The van der Waals surface area contributed by atoms with Gasteiger partial charge >= 0.3 is 0 Å². The molecule has 96 valence electrons. The summed E-state index contributed by atoms with van der Waals surface area (Å²) in [7, 11) is 3.17. The van der Waals surface area contributed by atoms with Crippen molar-refractivity contribution in [3.05, 3.63) is 6.33 Å². The van der Waals surface area contributed by atoms with Crippen LogP contribution in [-0.2, 0) is 4.74 Å². The number of methoxy groups -OCH3 is 2. The van der Waals surface area contributed by atoms with E-state index in [0.29, 0.717) is 18.2 Å². The molecule has 1 heterocycles. The summed E-state index contributed by atoms with van der Waals surface area (Å²) in [5, 5.41) is 0. The summed E-state index contributed by atoms with van der Waals surface area (Å²) in [5.74, 6) is 0.984. The average Bonchev–Trinajstić information content (AvgIpc) is 2.29. The molecule has 0 atom stereocenters. The van der Waals surface area contributed by atoms with Gasteiger partial charge < -0.3 is 19.9 Å². The Labute approximate surface area is 101 Å². The lowest BCUT2D eigenvalue weighted by molar-refractivity contribution is 0.00485. The molecule has 0 bridgehead atoms. The van der Waals surface area contributed by atoms with Gasteiger partial charge in [0.15, 0.2) is 5.82 Å². The highest BCUT2D eigenvalue weighted by Gasteiger charge is 2.17. The predicted molar refractivity (Wildman–Crippen MR) is 64.2 cm³/mol. The Bertz CT molecular complexity index is 369. The van der Waals surface area contributed by atoms with Crippen molar-refractivity contribution in [3.8, 4) is 11.6 Å². The highest BCUT2D eigenvalue weighted by molar-refractivity contribution is 5.51. The maximum absolute atomic E-state index is 5.63. The van der Waals surface area contributed by atoms with Crippen LogP contribution in [0.2, 0.25) is 0 Å². The maximum Gasteiger partial charge on any atom is 0.262 e. The first-order chi connectivity index (χ1) is 8.00. The van der Waals surface area contributed by atoms with Gasteiger partial charge in [-0.05, 0) is 13.8 Å². The smallest absolute Gasteiger partial charge is 0.262 e. The summed E-state index contributed by atoms with van der Waals surface area (Å²) in [6, 6.07) is 0. The van der Waals surface area contributed by atoms with Crippen LogP contribution in [0.1, 0.15) is 20.3 Å². The van der Waals surface area contributed by atoms with Crippen molar-refractivity contribution in [1.29, 1.82) is 0 Å². The Kier molecular flexibility index (Phi) is 4.51. The molecule has 0 aliphatic carbocycles. The largest absolute Gasteiger partial charge is 0.489 e. The van der Waals surface area contributed by atoms with Crippen LogP contribution in [0, 0.1) is 0 Å². The lowest BCUT2D eigenvalue weighted by atomic mass is 10.1. The molecule has 6 nitrogen and oxygen atoms in total. The summed E-state index contributed by atoms with van der Waals surface area (Å²) < 4.78 is 15.9. The number of hydrogen-bond donors (Lipinski definition) is 1. The van der Waals surface area contributed by atoms with Gasteiger partial charge in [0, 0.05) is 13.5 Å². The molecular weight excluding hydrogens is 222 g/mol. The van der Waals surface area contributed by atoms with E-state index in [4.69, 9.17) is 19.9 Å². The SMILES string of the molecule is COc1c(N)ncnc1OCCC(C)(C)OC. The standard InChI is InChI=1S/C11H19N3O3/c1-11(2,16-4)5-6-17-10-8(15-3)9(12)13-7-14-10/h7H,5-6H2,1-4H3,(H2,12,13,14). The highest BCUT2D eigenvalue weighted by Crippen LogP contribution is 2.28. The minimum absolute atomic E-state index is 0.230. The summed E-state index contributed by atoms with van der Waals surface area (Å²) >= 11 is 0. The maximum atomic E-state index is 5.63. The molecule has 0 amide bonds. The van der Waals surface area contributed by atoms with E-state index in [0.717, 1.165) is 6.42 Å².